The predicted octanol–water partition coefficient (Wildman–Crippen LogP) is 4.30. The van der Waals surface area contributed by atoms with Crippen LogP contribution >= 0.6 is 0 Å². The van der Waals surface area contributed by atoms with Crippen LogP contribution < -0.4 is 51.7 Å². The molecule has 0 aliphatic carbocycles. The lowest BCUT2D eigenvalue weighted by Gasteiger charge is -2.36. The molecule has 50 heavy (non-hydrogen) atoms. The monoisotopic (exact) mass is 638 g/mol. The van der Waals surface area contributed by atoms with E-state index in [1.54, 1.807) is 0 Å². The zero-order valence-electron chi connectivity index (χ0n) is 25.8. The van der Waals surface area contributed by atoms with Gasteiger partial charge in [0.15, 0.2) is 0 Å². The molecule has 0 amide bonds. The Morgan fingerprint density at radius 3 is 0.840 bits per heavy atom. The molecule has 4 aliphatic rings. The van der Waals surface area contributed by atoms with Crippen molar-refractivity contribution in [3.63, 3.8) is 0 Å². The molecule has 10 rings (SSSR count). The summed E-state index contributed by atoms with van der Waals surface area (Å²) in [7, 11) is 0. The number of fused-ring (bicyclic) bond motifs is 8. The van der Waals surface area contributed by atoms with E-state index in [-0.39, 0.29) is 56.4 Å². The number of rotatable bonds is 1. The molecule has 0 atom stereocenters. The van der Waals surface area contributed by atoms with Crippen molar-refractivity contribution in [3.05, 3.63) is 119 Å². The van der Waals surface area contributed by atoms with E-state index in [0.29, 0.717) is 33.9 Å². The molecule has 0 spiro atoms. The Hall–Kier alpha value is -7.39. The highest BCUT2D eigenvalue weighted by molar-refractivity contribution is 6.99. The Kier molecular flexibility index (Phi) is 5.57. The van der Waals surface area contributed by atoms with Crippen LogP contribution in [0, 0.1) is 45.3 Å². The van der Waals surface area contributed by atoms with Crippen LogP contribution in [-0.2, 0) is 0 Å². The number of hydrogen-bond acceptors (Lipinski definition) is 8. The van der Waals surface area contributed by atoms with Crippen molar-refractivity contribution in [1.29, 1.82) is 21.0 Å². The van der Waals surface area contributed by atoms with Crippen molar-refractivity contribution in [1.82, 2.24) is 0 Å². The fourth-order valence-corrected chi connectivity index (χ4v) is 7.97. The molecule has 6 aromatic rings. The molecule has 0 radical (unpaired) electrons. The van der Waals surface area contributed by atoms with Crippen LogP contribution in [0.2, 0.25) is 0 Å². The maximum atomic E-state index is 11.0. The summed E-state index contributed by atoms with van der Waals surface area (Å²) >= 11 is 0. The molecule has 226 valence electrons. The number of nitrogens with zero attached hydrogens (tertiary/aromatic N) is 4. The minimum atomic E-state index is -0.404. The zero-order chi connectivity index (χ0) is 33.7. The van der Waals surface area contributed by atoms with Crippen molar-refractivity contribution >= 4 is 46.2 Å². The molecule has 4 aliphatic heterocycles. The first-order chi connectivity index (χ1) is 24.7. The third kappa shape index (κ3) is 3.41. The number of hydrogen-bond donors (Lipinski definition) is 0. The van der Waals surface area contributed by atoms with Crippen molar-refractivity contribution < 1.29 is 18.9 Å². The third-order valence-electron chi connectivity index (χ3n) is 9.93. The Morgan fingerprint density at radius 1 is 0.360 bits per heavy atom. The normalized spacial score (nSPS) is 12.9. The molecule has 6 aromatic carbocycles. The van der Waals surface area contributed by atoms with Gasteiger partial charge in [0.1, 0.15) is 92.5 Å². The summed E-state index contributed by atoms with van der Waals surface area (Å²) in [5.41, 5.74) is 4.54. The average molecular weight is 638 g/mol. The van der Waals surface area contributed by atoms with E-state index < -0.39 is 13.4 Å². The first kappa shape index (κ1) is 27.7. The Balaban J connectivity index is 1.35. The molecular weight excluding hydrogens is 622 g/mol. The molecule has 8 nitrogen and oxygen atoms in total. The van der Waals surface area contributed by atoms with Gasteiger partial charge in [-0.25, -0.2) is 0 Å². The second kappa shape index (κ2) is 10.1. The van der Waals surface area contributed by atoms with Gasteiger partial charge in [0.2, 0.25) is 0 Å². The highest BCUT2D eigenvalue weighted by atomic mass is 16.5. The number of nitriles is 4. The summed E-state index contributed by atoms with van der Waals surface area (Å²) in [5, 5.41) is 43.9. The van der Waals surface area contributed by atoms with Gasteiger partial charge >= 0.3 is 0 Å². The maximum absolute atomic E-state index is 11.0. The summed E-state index contributed by atoms with van der Waals surface area (Å²) in [6.07, 6.45) is 0. The van der Waals surface area contributed by atoms with Crippen molar-refractivity contribution in [2.45, 2.75) is 0 Å². The second-order valence-electron chi connectivity index (χ2n) is 12.3. The number of benzene rings is 6. The lowest BCUT2D eigenvalue weighted by Crippen LogP contribution is -2.58. The van der Waals surface area contributed by atoms with Crippen LogP contribution in [0.3, 0.4) is 0 Å². The lowest BCUT2D eigenvalue weighted by molar-refractivity contribution is 0.461. The average Bonchev–Trinajstić information content (AvgIpc) is 3.17. The minimum absolute atomic E-state index is 0.00750. The van der Waals surface area contributed by atoms with Gasteiger partial charge in [0.05, 0.1) is 0 Å². The van der Waals surface area contributed by atoms with E-state index >= 15 is 0 Å². The predicted molar refractivity (Wildman–Crippen MR) is 186 cm³/mol. The van der Waals surface area contributed by atoms with Gasteiger partial charge in [-0.2, -0.15) is 21.0 Å². The third-order valence-corrected chi connectivity index (χ3v) is 9.93. The quantitative estimate of drug-likeness (QED) is 0.244. The largest absolute Gasteiger partial charge is 0.457 e. The van der Waals surface area contributed by atoms with Gasteiger partial charge in [0, 0.05) is 22.1 Å². The summed E-state index contributed by atoms with van der Waals surface area (Å²) in [4.78, 5) is 0. The second-order valence-corrected chi connectivity index (χ2v) is 12.3. The van der Waals surface area contributed by atoms with E-state index in [0.717, 1.165) is 21.9 Å². The molecular formula is C40H16B2N4O4. The minimum Gasteiger partial charge on any atom is -0.457 e. The van der Waals surface area contributed by atoms with Gasteiger partial charge < -0.3 is 18.9 Å². The molecule has 0 unspecified atom stereocenters. The van der Waals surface area contributed by atoms with Crippen molar-refractivity contribution in [2.75, 3.05) is 0 Å². The molecule has 0 saturated carbocycles. The smallest absolute Gasteiger partial charge is 0.260 e. The van der Waals surface area contributed by atoms with Gasteiger partial charge in [-0.1, -0.05) is 72.8 Å². The fourth-order valence-electron chi connectivity index (χ4n) is 7.97. The molecule has 10 heteroatoms. The summed E-state index contributed by atoms with van der Waals surface area (Å²) in [6, 6.07) is 39.4. The zero-order valence-corrected chi connectivity index (χ0v) is 25.8. The molecule has 0 bridgehead atoms. The molecule has 0 aromatic heterocycles. The standard InChI is InChI=1S/C40H16B2N4O4/c43-17-21-33(22(18-44)38-35-37(21)47-29-13-5-1-9-25(29)41(35)26-10-2-6-14-30(26)48-38)34-23(19-45)39-36-40(24(34)20-46)50-32-16-8-4-12-28(32)42(36)27-11-3-7-15-31(27)49-39/h1-16H. The Morgan fingerprint density at radius 2 is 0.600 bits per heavy atom. The lowest BCUT2D eigenvalue weighted by atomic mass is 9.34. The Labute approximate surface area is 286 Å². The van der Waals surface area contributed by atoms with Gasteiger partial charge in [-0.3, -0.25) is 0 Å². The topological polar surface area (TPSA) is 132 Å². The van der Waals surface area contributed by atoms with E-state index in [4.69, 9.17) is 18.9 Å². The van der Waals surface area contributed by atoms with E-state index in [2.05, 4.69) is 24.3 Å². The summed E-state index contributed by atoms with van der Waals surface area (Å²) < 4.78 is 26.1. The highest BCUT2D eigenvalue weighted by Gasteiger charge is 2.47. The van der Waals surface area contributed by atoms with Gasteiger partial charge in [0.25, 0.3) is 13.4 Å². The van der Waals surface area contributed by atoms with Crippen LogP contribution in [0.25, 0.3) is 11.1 Å². The summed E-state index contributed by atoms with van der Waals surface area (Å²) in [5.74, 6) is 2.98. The van der Waals surface area contributed by atoms with Crippen LogP contribution in [0.1, 0.15) is 22.3 Å². The highest BCUT2D eigenvalue weighted by Crippen LogP contribution is 2.50. The first-order valence-corrected chi connectivity index (χ1v) is 15.8. The number of para-hydroxylation sites is 4. The SMILES string of the molecule is N#Cc1c2c3c(c(C#N)c1-c1c(C#N)c4c5c(c1C#N)Oc1ccccc1B5c1ccccc1O4)Oc1ccccc1B3c1ccccc1O2. The molecule has 4 heterocycles. The van der Waals surface area contributed by atoms with E-state index in [1.165, 1.54) is 0 Å². The molecule has 0 saturated heterocycles. The maximum Gasteiger partial charge on any atom is 0.260 e. The van der Waals surface area contributed by atoms with E-state index in [1.807, 2.05) is 97.1 Å². The molecule has 0 N–H and O–H groups in total. The summed E-state index contributed by atoms with van der Waals surface area (Å²) in [6.45, 7) is -0.807. The van der Waals surface area contributed by atoms with Gasteiger partial charge in [-0.15, -0.1) is 0 Å². The van der Waals surface area contributed by atoms with Crippen molar-refractivity contribution in [3.8, 4) is 81.4 Å². The van der Waals surface area contributed by atoms with Crippen LogP contribution in [0.15, 0.2) is 97.1 Å². The van der Waals surface area contributed by atoms with Crippen LogP contribution in [-0.4, -0.2) is 13.4 Å². The fraction of sp³-hybridized carbons (Fsp3) is 0. The van der Waals surface area contributed by atoms with Crippen LogP contribution in [0.4, 0.5) is 0 Å². The first-order valence-electron chi connectivity index (χ1n) is 15.8. The van der Waals surface area contributed by atoms with Crippen LogP contribution in [0.5, 0.6) is 46.0 Å². The number of ether oxygens (including phenoxy) is 4. The van der Waals surface area contributed by atoms with Gasteiger partial charge in [-0.05, 0) is 46.1 Å². The van der Waals surface area contributed by atoms with E-state index in [9.17, 15) is 21.0 Å². The molecule has 0 fully saturated rings. The van der Waals surface area contributed by atoms with Crippen molar-refractivity contribution in [2.24, 2.45) is 0 Å². The Bertz CT molecular complexity index is 2390.